The SMILES string of the molecule is CCCc1cccc(-c2cccc(C(=O)OC)c2)c1. The van der Waals surface area contributed by atoms with Crippen LogP contribution in [0.3, 0.4) is 0 Å². The number of aryl methyl sites for hydroxylation is 1. The number of methoxy groups -OCH3 is 1. The van der Waals surface area contributed by atoms with E-state index in [1.165, 1.54) is 12.7 Å². The molecule has 2 rings (SSSR count). The standard InChI is InChI=1S/C17H18O2/c1-3-6-13-7-4-8-14(11-13)15-9-5-10-16(12-15)17(18)19-2/h4-5,7-12H,3,6H2,1-2H3. The highest BCUT2D eigenvalue weighted by Crippen LogP contribution is 2.22. The molecule has 0 atom stereocenters. The summed E-state index contributed by atoms with van der Waals surface area (Å²) in [4.78, 5) is 11.5. The van der Waals surface area contributed by atoms with E-state index in [9.17, 15) is 4.79 Å². The molecule has 0 heterocycles. The first-order valence-corrected chi connectivity index (χ1v) is 6.52. The van der Waals surface area contributed by atoms with Crippen molar-refractivity contribution in [1.29, 1.82) is 0 Å². The molecule has 0 saturated heterocycles. The summed E-state index contributed by atoms with van der Waals surface area (Å²) in [5, 5.41) is 0. The second-order valence-corrected chi connectivity index (χ2v) is 4.52. The average molecular weight is 254 g/mol. The normalized spacial score (nSPS) is 10.2. The van der Waals surface area contributed by atoms with Gasteiger partial charge in [0.15, 0.2) is 0 Å². The predicted octanol–water partition coefficient (Wildman–Crippen LogP) is 4.09. The number of rotatable bonds is 4. The van der Waals surface area contributed by atoms with Gasteiger partial charge in [0.05, 0.1) is 12.7 Å². The number of ether oxygens (including phenoxy) is 1. The number of hydrogen-bond donors (Lipinski definition) is 0. The van der Waals surface area contributed by atoms with Crippen LogP contribution in [0.25, 0.3) is 11.1 Å². The van der Waals surface area contributed by atoms with Crippen LogP contribution < -0.4 is 0 Å². The van der Waals surface area contributed by atoms with Crippen molar-refractivity contribution < 1.29 is 9.53 Å². The first kappa shape index (κ1) is 13.3. The molecule has 0 unspecified atom stereocenters. The zero-order valence-electron chi connectivity index (χ0n) is 11.3. The summed E-state index contributed by atoms with van der Waals surface area (Å²) in [5.74, 6) is -0.299. The Hall–Kier alpha value is -2.09. The van der Waals surface area contributed by atoms with Gasteiger partial charge < -0.3 is 4.74 Å². The van der Waals surface area contributed by atoms with Crippen LogP contribution in [0.4, 0.5) is 0 Å². The molecule has 19 heavy (non-hydrogen) atoms. The molecule has 2 aromatic carbocycles. The summed E-state index contributed by atoms with van der Waals surface area (Å²) < 4.78 is 4.75. The molecule has 0 aliphatic rings. The van der Waals surface area contributed by atoms with Crippen molar-refractivity contribution in [2.24, 2.45) is 0 Å². The maximum Gasteiger partial charge on any atom is 0.337 e. The van der Waals surface area contributed by atoms with Gasteiger partial charge in [-0.25, -0.2) is 4.79 Å². The number of esters is 1. The molecule has 2 nitrogen and oxygen atoms in total. The topological polar surface area (TPSA) is 26.3 Å². The van der Waals surface area contributed by atoms with E-state index in [2.05, 4.69) is 31.2 Å². The van der Waals surface area contributed by atoms with Crippen LogP contribution in [0, 0.1) is 0 Å². The van der Waals surface area contributed by atoms with Gasteiger partial charge in [-0.15, -0.1) is 0 Å². The Kier molecular flexibility index (Phi) is 4.35. The highest BCUT2D eigenvalue weighted by atomic mass is 16.5. The van der Waals surface area contributed by atoms with Crippen molar-refractivity contribution in [3.63, 3.8) is 0 Å². The second-order valence-electron chi connectivity index (χ2n) is 4.52. The Morgan fingerprint density at radius 3 is 2.42 bits per heavy atom. The van der Waals surface area contributed by atoms with Gasteiger partial charge in [-0.1, -0.05) is 49.7 Å². The molecule has 0 aliphatic carbocycles. The largest absolute Gasteiger partial charge is 0.465 e. The lowest BCUT2D eigenvalue weighted by molar-refractivity contribution is 0.0601. The van der Waals surface area contributed by atoms with E-state index >= 15 is 0 Å². The smallest absolute Gasteiger partial charge is 0.337 e. The van der Waals surface area contributed by atoms with Crippen LogP contribution in [-0.2, 0) is 11.2 Å². The molecule has 98 valence electrons. The van der Waals surface area contributed by atoms with Crippen LogP contribution in [0.15, 0.2) is 48.5 Å². The molecule has 0 bridgehead atoms. The first-order chi connectivity index (χ1) is 9.24. The van der Waals surface area contributed by atoms with Gasteiger partial charge in [0.2, 0.25) is 0 Å². The fraction of sp³-hybridized carbons (Fsp3) is 0.235. The van der Waals surface area contributed by atoms with Crippen LogP contribution in [0.1, 0.15) is 29.3 Å². The van der Waals surface area contributed by atoms with Crippen molar-refractivity contribution in [3.05, 3.63) is 59.7 Å². The lowest BCUT2D eigenvalue weighted by Gasteiger charge is -2.06. The van der Waals surface area contributed by atoms with Crippen LogP contribution >= 0.6 is 0 Å². The van der Waals surface area contributed by atoms with E-state index in [0.29, 0.717) is 5.56 Å². The molecule has 0 saturated carbocycles. The molecule has 2 heteroatoms. The van der Waals surface area contributed by atoms with Gasteiger partial charge >= 0.3 is 5.97 Å². The summed E-state index contributed by atoms with van der Waals surface area (Å²) in [5.41, 5.74) is 4.09. The van der Waals surface area contributed by atoms with Gasteiger partial charge in [0.1, 0.15) is 0 Å². The molecule has 0 amide bonds. The predicted molar refractivity (Wildman–Crippen MR) is 77.2 cm³/mol. The number of benzene rings is 2. The molecule has 0 radical (unpaired) electrons. The quantitative estimate of drug-likeness (QED) is 0.768. The number of carbonyl (C=O) groups is 1. The van der Waals surface area contributed by atoms with Gasteiger partial charge in [0, 0.05) is 0 Å². The monoisotopic (exact) mass is 254 g/mol. The summed E-state index contributed by atoms with van der Waals surface area (Å²) >= 11 is 0. The van der Waals surface area contributed by atoms with E-state index in [4.69, 9.17) is 4.74 Å². The molecule has 0 aliphatic heterocycles. The van der Waals surface area contributed by atoms with Crippen LogP contribution in [-0.4, -0.2) is 13.1 Å². The van der Waals surface area contributed by atoms with Gasteiger partial charge in [-0.05, 0) is 35.2 Å². The fourth-order valence-electron chi connectivity index (χ4n) is 2.14. The van der Waals surface area contributed by atoms with Gasteiger partial charge in [-0.2, -0.15) is 0 Å². The third kappa shape index (κ3) is 3.22. The summed E-state index contributed by atoms with van der Waals surface area (Å²) in [6.07, 6.45) is 2.20. The molecule has 0 aromatic heterocycles. The Bertz CT molecular complexity index is 573. The van der Waals surface area contributed by atoms with E-state index in [1.807, 2.05) is 18.2 Å². The van der Waals surface area contributed by atoms with Crippen LogP contribution in [0.5, 0.6) is 0 Å². The van der Waals surface area contributed by atoms with Gasteiger partial charge in [-0.3, -0.25) is 0 Å². The van der Waals surface area contributed by atoms with Crippen molar-refractivity contribution in [1.82, 2.24) is 0 Å². The van der Waals surface area contributed by atoms with Crippen molar-refractivity contribution in [2.45, 2.75) is 19.8 Å². The van der Waals surface area contributed by atoms with E-state index in [0.717, 1.165) is 24.0 Å². The third-order valence-electron chi connectivity index (χ3n) is 3.08. The zero-order valence-corrected chi connectivity index (χ0v) is 11.3. The summed E-state index contributed by atoms with van der Waals surface area (Å²) in [7, 11) is 1.40. The molecule has 0 spiro atoms. The van der Waals surface area contributed by atoms with Crippen molar-refractivity contribution in [3.8, 4) is 11.1 Å². The minimum absolute atomic E-state index is 0.299. The Labute approximate surface area is 114 Å². The van der Waals surface area contributed by atoms with E-state index in [1.54, 1.807) is 6.07 Å². The van der Waals surface area contributed by atoms with Crippen molar-refractivity contribution >= 4 is 5.97 Å². The molecular weight excluding hydrogens is 236 g/mol. The number of carbonyl (C=O) groups excluding carboxylic acids is 1. The van der Waals surface area contributed by atoms with Gasteiger partial charge in [0.25, 0.3) is 0 Å². The molecular formula is C17H18O2. The maximum atomic E-state index is 11.5. The Balaban J connectivity index is 2.36. The first-order valence-electron chi connectivity index (χ1n) is 6.52. The molecule has 0 N–H and O–H groups in total. The van der Waals surface area contributed by atoms with Crippen molar-refractivity contribution in [2.75, 3.05) is 7.11 Å². The molecule has 2 aromatic rings. The average Bonchev–Trinajstić information content (AvgIpc) is 2.47. The summed E-state index contributed by atoms with van der Waals surface area (Å²) in [6.45, 7) is 2.17. The lowest BCUT2D eigenvalue weighted by atomic mass is 9.99. The second kappa shape index (κ2) is 6.19. The zero-order chi connectivity index (χ0) is 13.7. The van der Waals surface area contributed by atoms with E-state index < -0.39 is 0 Å². The Morgan fingerprint density at radius 2 is 1.74 bits per heavy atom. The lowest BCUT2D eigenvalue weighted by Crippen LogP contribution is -2.00. The minimum atomic E-state index is -0.299. The Morgan fingerprint density at radius 1 is 1.05 bits per heavy atom. The minimum Gasteiger partial charge on any atom is -0.465 e. The summed E-state index contributed by atoms with van der Waals surface area (Å²) in [6, 6.07) is 16.0. The third-order valence-corrected chi connectivity index (χ3v) is 3.08. The van der Waals surface area contributed by atoms with E-state index in [-0.39, 0.29) is 5.97 Å². The number of hydrogen-bond acceptors (Lipinski definition) is 2. The molecule has 0 fully saturated rings. The van der Waals surface area contributed by atoms with Crippen LogP contribution in [0.2, 0.25) is 0 Å². The highest BCUT2D eigenvalue weighted by Gasteiger charge is 2.06. The highest BCUT2D eigenvalue weighted by molar-refractivity contribution is 5.90. The maximum absolute atomic E-state index is 11.5. The fourth-order valence-corrected chi connectivity index (χ4v) is 2.14.